The summed E-state index contributed by atoms with van der Waals surface area (Å²) in [5.74, 6) is 1.21. The third-order valence-corrected chi connectivity index (χ3v) is 12.4. The standard InChI is InChI=1S/C31H26NOS.C15H28O2.Ir/c1-18-17-34-26-12-8-11-24(27(18)26)29-19(2)22-13-14-32-28(30(22)33-29)21-15-20-9-6-7-10-23(20)25(16-21)31(3,4)5;1-7-14(5,8-2)12(16)11-13(17)15(6,9-3)10-4;/h6-14,16-17H,1-5H3;11,16H,7-10H2,1-6H3;/q-1;;/b;12-11-;. The molecule has 3 aromatic carbocycles. The number of hydrogen-bond acceptors (Lipinski definition) is 5. The molecule has 0 unspecified atom stereocenters. The summed E-state index contributed by atoms with van der Waals surface area (Å²) < 4.78 is 7.95. The molecule has 3 aromatic heterocycles. The molecule has 0 saturated carbocycles. The number of aliphatic hydroxyl groups excluding tert-OH is 1. The molecule has 0 aliphatic heterocycles. The Morgan fingerprint density at radius 2 is 1.54 bits per heavy atom. The number of furan rings is 1. The van der Waals surface area contributed by atoms with Gasteiger partial charge in [-0.3, -0.25) is 9.78 Å². The molecule has 0 saturated heterocycles. The number of pyridine rings is 1. The van der Waals surface area contributed by atoms with Crippen molar-refractivity contribution in [2.45, 2.75) is 107 Å². The first-order valence-electron chi connectivity index (χ1n) is 18.4. The largest absolute Gasteiger partial charge is 0.512 e. The number of hydrogen-bond donors (Lipinski definition) is 1. The SMILES string of the molecule is CCC(C)(CC)C(=O)/C=C(\O)C(C)(CC)CC.Cc1c(-c2cccc3scc(C)c23)oc2c(-c3[c-]c4ccccc4c(C(C)(C)C)c3)nccc12.[Ir]. The zero-order valence-corrected chi connectivity index (χ0v) is 35.9. The van der Waals surface area contributed by atoms with Crippen LogP contribution in [0.1, 0.15) is 105 Å². The molecule has 4 nitrogen and oxygen atoms in total. The summed E-state index contributed by atoms with van der Waals surface area (Å²) in [5, 5.41) is 17.1. The Hall–Kier alpha value is -3.57. The maximum Gasteiger partial charge on any atom is 0.164 e. The van der Waals surface area contributed by atoms with Gasteiger partial charge in [0.25, 0.3) is 0 Å². The van der Waals surface area contributed by atoms with E-state index in [0.717, 1.165) is 70.2 Å². The first kappa shape index (κ1) is 41.2. The zero-order valence-electron chi connectivity index (χ0n) is 32.7. The van der Waals surface area contributed by atoms with Crippen molar-refractivity contribution in [3.63, 3.8) is 0 Å². The van der Waals surface area contributed by atoms with Crippen molar-refractivity contribution in [2.24, 2.45) is 10.8 Å². The van der Waals surface area contributed by atoms with Crippen molar-refractivity contribution >= 4 is 48.9 Å². The Balaban J connectivity index is 0.000000289. The van der Waals surface area contributed by atoms with Crippen LogP contribution in [0.3, 0.4) is 0 Å². The minimum atomic E-state index is -0.337. The molecule has 0 aliphatic carbocycles. The maximum absolute atomic E-state index is 12.2. The van der Waals surface area contributed by atoms with E-state index in [1.807, 2.05) is 47.7 Å². The maximum atomic E-state index is 12.2. The van der Waals surface area contributed by atoms with Crippen molar-refractivity contribution in [1.29, 1.82) is 0 Å². The predicted octanol–water partition coefficient (Wildman–Crippen LogP) is 13.9. The Bertz CT molecular complexity index is 2220. The van der Waals surface area contributed by atoms with Crippen molar-refractivity contribution in [2.75, 3.05) is 0 Å². The molecule has 6 rings (SSSR count). The number of aliphatic hydroxyl groups is 1. The first-order valence-corrected chi connectivity index (χ1v) is 19.3. The molecule has 0 fully saturated rings. The second-order valence-corrected chi connectivity index (χ2v) is 16.4. The van der Waals surface area contributed by atoms with Gasteiger partial charge in [0, 0.05) is 75.5 Å². The van der Waals surface area contributed by atoms with E-state index >= 15 is 0 Å². The second-order valence-electron chi connectivity index (χ2n) is 15.5. The van der Waals surface area contributed by atoms with Crippen LogP contribution >= 0.6 is 11.3 Å². The Morgan fingerprint density at radius 1 is 0.885 bits per heavy atom. The molecule has 6 aromatic rings. The molecular weight excluding hydrogens is 839 g/mol. The van der Waals surface area contributed by atoms with Crippen molar-refractivity contribution < 1.29 is 34.4 Å². The van der Waals surface area contributed by atoms with Crippen LogP contribution in [0.15, 0.2) is 82.4 Å². The molecule has 0 aliphatic rings. The predicted molar refractivity (Wildman–Crippen MR) is 218 cm³/mol. The topological polar surface area (TPSA) is 63.3 Å². The molecule has 277 valence electrons. The van der Waals surface area contributed by atoms with E-state index in [9.17, 15) is 9.90 Å². The molecular formula is C46H54IrNO3S-. The van der Waals surface area contributed by atoms with Crippen LogP contribution in [0.25, 0.3) is 54.4 Å². The van der Waals surface area contributed by atoms with Crippen LogP contribution < -0.4 is 0 Å². The zero-order chi connectivity index (χ0) is 37.3. The minimum absolute atomic E-state index is 0. The number of nitrogens with zero attached hydrogens (tertiary/aromatic N) is 1. The number of rotatable bonds is 9. The number of benzene rings is 3. The van der Waals surface area contributed by atoms with E-state index < -0.39 is 0 Å². The summed E-state index contributed by atoms with van der Waals surface area (Å²) in [5.41, 5.74) is 6.90. The van der Waals surface area contributed by atoms with Gasteiger partial charge in [0.05, 0.1) is 0 Å². The molecule has 0 amide bonds. The number of fused-ring (bicyclic) bond motifs is 3. The molecule has 1 radical (unpaired) electrons. The van der Waals surface area contributed by atoms with Gasteiger partial charge in [-0.05, 0) is 68.0 Å². The fourth-order valence-corrected chi connectivity index (χ4v) is 7.66. The van der Waals surface area contributed by atoms with Gasteiger partial charge in [-0.15, -0.1) is 40.5 Å². The summed E-state index contributed by atoms with van der Waals surface area (Å²) in [4.78, 5) is 17.0. The molecule has 0 bridgehead atoms. The number of aromatic nitrogens is 1. The summed E-state index contributed by atoms with van der Waals surface area (Å²) in [6, 6.07) is 22.9. The van der Waals surface area contributed by atoms with Crippen LogP contribution in [0.4, 0.5) is 0 Å². The van der Waals surface area contributed by atoms with E-state index in [1.54, 1.807) is 11.3 Å². The van der Waals surface area contributed by atoms with E-state index in [-0.39, 0.29) is 47.9 Å². The summed E-state index contributed by atoms with van der Waals surface area (Å²) in [6.45, 7) is 23.2. The first-order chi connectivity index (χ1) is 24.1. The molecule has 6 heteroatoms. The van der Waals surface area contributed by atoms with E-state index in [4.69, 9.17) is 9.40 Å². The van der Waals surface area contributed by atoms with Gasteiger partial charge < -0.3 is 9.52 Å². The normalized spacial score (nSPS) is 12.6. The van der Waals surface area contributed by atoms with Crippen LogP contribution in [-0.4, -0.2) is 15.9 Å². The Kier molecular flexibility index (Phi) is 12.8. The number of thiophene rings is 1. The van der Waals surface area contributed by atoms with Gasteiger partial charge in [0.15, 0.2) is 5.78 Å². The monoisotopic (exact) mass is 893 g/mol. The van der Waals surface area contributed by atoms with Gasteiger partial charge >= 0.3 is 0 Å². The van der Waals surface area contributed by atoms with Gasteiger partial charge in [0.2, 0.25) is 0 Å². The number of allylic oxidation sites excluding steroid dienone is 2. The molecule has 0 atom stereocenters. The molecule has 52 heavy (non-hydrogen) atoms. The fourth-order valence-electron chi connectivity index (χ4n) is 6.69. The van der Waals surface area contributed by atoms with Crippen LogP contribution in [0.5, 0.6) is 0 Å². The van der Waals surface area contributed by atoms with Crippen molar-refractivity contribution in [1.82, 2.24) is 4.98 Å². The average Bonchev–Trinajstić information content (AvgIpc) is 3.69. The van der Waals surface area contributed by atoms with E-state index in [2.05, 4.69) is 101 Å². The summed E-state index contributed by atoms with van der Waals surface area (Å²) in [7, 11) is 0. The summed E-state index contributed by atoms with van der Waals surface area (Å²) >= 11 is 1.78. The number of carbonyl (C=O) groups is 1. The van der Waals surface area contributed by atoms with Gasteiger partial charge in [-0.1, -0.05) is 104 Å². The Labute approximate surface area is 328 Å². The van der Waals surface area contributed by atoms with Gasteiger partial charge in [0.1, 0.15) is 17.1 Å². The van der Waals surface area contributed by atoms with Crippen LogP contribution in [0.2, 0.25) is 0 Å². The van der Waals surface area contributed by atoms with Gasteiger partial charge in [-0.2, -0.15) is 0 Å². The smallest absolute Gasteiger partial charge is 0.164 e. The van der Waals surface area contributed by atoms with E-state index in [0.29, 0.717) is 0 Å². The number of aryl methyl sites for hydroxylation is 2. The Morgan fingerprint density at radius 3 is 2.17 bits per heavy atom. The van der Waals surface area contributed by atoms with Gasteiger partial charge in [-0.25, -0.2) is 0 Å². The van der Waals surface area contributed by atoms with Crippen molar-refractivity contribution in [3.8, 4) is 22.6 Å². The number of carbonyl (C=O) groups excluding carboxylic acids is 1. The third-order valence-electron chi connectivity index (χ3n) is 11.3. The number of ketones is 1. The van der Waals surface area contributed by atoms with E-state index in [1.165, 1.54) is 32.7 Å². The third kappa shape index (κ3) is 7.86. The minimum Gasteiger partial charge on any atom is -0.512 e. The summed E-state index contributed by atoms with van der Waals surface area (Å²) in [6.07, 6.45) is 6.64. The molecule has 1 N–H and O–H groups in total. The van der Waals surface area contributed by atoms with Crippen LogP contribution in [-0.2, 0) is 30.3 Å². The molecule has 3 heterocycles. The average molecular weight is 893 g/mol. The molecule has 0 spiro atoms. The second kappa shape index (κ2) is 16.2. The fraction of sp³-hybridized carbons (Fsp3) is 0.391. The quantitative estimate of drug-likeness (QED) is 0.0892. The van der Waals surface area contributed by atoms with Crippen LogP contribution in [0, 0.1) is 30.7 Å². The van der Waals surface area contributed by atoms with Crippen molar-refractivity contribution in [3.05, 3.63) is 101 Å².